The van der Waals surface area contributed by atoms with E-state index in [4.69, 9.17) is 32.7 Å². The van der Waals surface area contributed by atoms with E-state index in [9.17, 15) is 19.2 Å². The average molecular weight is 695 g/mol. The number of carbonyl (C=O) groups excluding carboxylic acids is 4. The van der Waals surface area contributed by atoms with E-state index in [1.54, 1.807) is 84.9 Å². The van der Waals surface area contributed by atoms with Crippen molar-refractivity contribution >= 4 is 86.0 Å². The molecule has 4 aromatic rings. The summed E-state index contributed by atoms with van der Waals surface area (Å²) in [6.07, 6.45) is 1.37. The number of nitrogens with one attached hydrogen (secondary N) is 1. The summed E-state index contributed by atoms with van der Waals surface area (Å²) < 4.78 is 11.6. The first-order valence-corrected chi connectivity index (χ1v) is 14.5. The maximum atomic E-state index is 13.7. The lowest BCUT2D eigenvalue weighted by molar-refractivity contribution is -0.121. The number of amides is 5. The van der Waals surface area contributed by atoms with Crippen LogP contribution in [-0.2, 0) is 14.4 Å². The first-order valence-electron chi connectivity index (χ1n) is 13.0. The molecule has 9 nitrogen and oxygen atoms in total. The van der Waals surface area contributed by atoms with Crippen LogP contribution < -0.4 is 24.6 Å². The van der Waals surface area contributed by atoms with E-state index in [1.807, 2.05) is 0 Å². The molecule has 44 heavy (non-hydrogen) atoms. The fourth-order valence-electron chi connectivity index (χ4n) is 4.38. The number of ether oxygens (including phenoxy) is 2. The Balaban J connectivity index is 1.45. The molecule has 222 valence electrons. The molecule has 0 spiro atoms. The van der Waals surface area contributed by atoms with E-state index in [-0.39, 0.29) is 28.7 Å². The van der Waals surface area contributed by atoms with Gasteiger partial charge in [0.2, 0.25) is 0 Å². The third-order valence-corrected chi connectivity index (χ3v) is 7.72. The van der Waals surface area contributed by atoms with Crippen LogP contribution in [0.2, 0.25) is 10.0 Å². The molecular formula is C32H22BrCl2N3O6. The number of barbiturate groups is 1. The standard InChI is InChI=1S/C32H22BrCl2N3O6/c1-43-27-16-19(15-24(33)29(27)44-18-28(39)36-20-12-13-25(34)26(35)17-20)14-23-30(40)37(21-8-4-2-5-9-21)32(42)38(31(23)41)22-10-6-3-7-11-22/h2-17H,18H2,1H3,(H,36,39). The lowest BCUT2D eigenvalue weighted by atomic mass is 10.0. The maximum absolute atomic E-state index is 13.7. The molecule has 12 heteroatoms. The van der Waals surface area contributed by atoms with E-state index < -0.39 is 23.8 Å². The zero-order valence-electron chi connectivity index (χ0n) is 22.9. The van der Waals surface area contributed by atoms with Crippen molar-refractivity contribution < 1.29 is 28.7 Å². The summed E-state index contributed by atoms with van der Waals surface area (Å²) in [4.78, 5) is 55.3. The number of urea groups is 1. The Hall–Kier alpha value is -4.64. The molecule has 1 aliphatic rings. The smallest absolute Gasteiger partial charge is 0.343 e. The van der Waals surface area contributed by atoms with E-state index in [2.05, 4.69) is 21.2 Å². The Labute approximate surface area is 270 Å². The predicted molar refractivity (Wildman–Crippen MR) is 173 cm³/mol. The van der Waals surface area contributed by atoms with Crippen molar-refractivity contribution in [2.45, 2.75) is 0 Å². The van der Waals surface area contributed by atoms with Gasteiger partial charge in [0.05, 0.1) is 33.0 Å². The summed E-state index contributed by atoms with van der Waals surface area (Å²) in [5.41, 5.74) is 1.21. The monoisotopic (exact) mass is 693 g/mol. The summed E-state index contributed by atoms with van der Waals surface area (Å²) in [5, 5.41) is 3.31. The van der Waals surface area contributed by atoms with E-state index >= 15 is 0 Å². The zero-order valence-corrected chi connectivity index (χ0v) is 26.0. The van der Waals surface area contributed by atoms with Crippen molar-refractivity contribution in [3.8, 4) is 11.5 Å². The number of rotatable bonds is 8. The molecule has 0 aromatic heterocycles. The summed E-state index contributed by atoms with van der Waals surface area (Å²) >= 11 is 15.4. The van der Waals surface area contributed by atoms with Crippen LogP contribution in [0.3, 0.4) is 0 Å². The maximum Gasteiger partial charge on any atom is 0.343 e. The van der Waals surface area contributed by atoms with Gasteiger partial charge in [-0.3, -0.25) is 14.4 Å². The van der Waals surface area contributed by atoms with Gasteiger partial charge in [0.15, 0.2) is 18.1 Å². The van der Waals surface area contributed by atoms with Gasteiger partial charge in [-0.1, -0.05) is 59.6 Å². The molecule has 1 N–H and O–H groups in total. The molecule has 0 atom stereocenters. The molecule has 0 saturated carbocycles. The second-order valence-corrected chi connectivity index (χ2v) is 11.0. The number of methoxy groups -OCH3 is 1. The number of para-hydroxylation sites is 2. The Morgan fingerprint density at radius 2 is 1.43 bits per heavy atom. The van der Waals surface area contributed by atoms with Crippen molar-refractivity contribution in [3.63, 3.8) is 0 Å². The number of benzene rings is 4. The van der Waals surface area contributed by atoms with Crippen LogP contribution in [0.15, 0.2) is 101 Å². The number of imide groups is 2. The lowest BCUT2D eigenvalue weighted by Crippen LogP contribution is -2.57. The molecule has 1 saturated heterocycles. The summed E-state index contributed by atoms with van der Waals surface area (Å²) in [6, 6.07) is 23.7. The number of hydrogen-bond acceptors (Lipinski definition) is 6. The van der Waals surface area contributed by atoms with Crippen LogP contribution in [0, 0.1) is 0 Å². The van der Waals surface area contributed by atoms with Crippen LogP contribution in [0.4, 0.5) is 21.9 Å². The number of anilines is 3. The molecule has 5 rings (SSSR count). The van der Waals surface area contributed by atoms with E-state index in [1.165, 1.54) is 19.3 Å². The molecule has 4 aromatic carbocycles. The summed E-state index contributed by atoms with van der Waals surface area (Å²) in [7, 11) is 1.41. The highest BCUT2D eigenvalue weighted by Gasteiger charge is 2.43. The van der Waals surface area contributed by atoms with Gasteiger partial charge < -0.3 is 14.8 Å². The van der Waals surface area contributed by atoms with Gasteiger partial charge in [0.25, 0.3) is 17.7 Å². The molecule has 1 fully saturated rings. The Kier molecular flexibility index (Phi) is 9.34. The van der Waals surface area contributed by atoms with Crippen molar-refractivity contribution in [1.82, 2.24) is 0 Å². The Morgan fingerprint density at radius 3 is 1.98 bits per heavy atom. The highest BCUT2D eigenvalue weighted by atomic mass is 79.9. The predicted octanol–water partition coefficient (Wildman–Crippen LogP) is 7.37. The van der Waals surface area contributed by atoms with Gasteiger partial charge in [-0.2, -0.15) is 0 Å². The first-order chi connectivity index (χ1) is 21.2. The number of carbonyl (C=O) groups is 4. The van der Waals surface area contributed by atoms with Crippen molar-refractivity contribution in [3.05, 3.63) is 117 Å². The fraction of sp³-hybridized carbons (Fsp3) is 0.0625. The van der Waals surface area contributed by atoms with E-state index in [0.29, 0.717) is 32.1 Å². The second kappa shape index (κ2) is 13.3. The van der Waals surface area contributed by atoms with Crippen LogP contribution in [0.5, 0.6) is 11.5 Å². The number of halogens is 3. The highest BCUT2D eigenvalue weighted by molar-refractivity contribution is 9.10. The molecule has 1 heterocycles. The molecule has 0 radical (unpaired) electrons. The first kappa shape index (κ1) is 30.8. The largest absolute Gasteiger partial charge is 0.493 e. The quantitative estimate of drug-likeness (QED) is 0.153. The van der Waals surface area contributed by atoms with Gasteiger partial charge in [-0.05, 0) is 82.2 Å². The normalized spacial score (nSPS) is 13.2. The number of nitrogens with zero attached hydrogens (tertiary/aromatic N) is 2. The van der Waals surface area contributed by atoms with Gasteiger partial charge in [-0.15, -0.1) is 0 Å². The third kappa shape index (κ3) is 6.47. The summed E-state index contributed by atoms with van der Waals surface area (Å²) in [5.74, 6) is -1.60. The van der Waals surface area contributed by atoms with Crippen LogP contribution in [0.1, 0.15) is 5.56 Å². The minimum absolute atomic E-state index is 0.215. The molecule has 0 aliphatic carbocycles. The molecule has 5 amide bonds. The lowest BCUT2D eigenvalue weighted by Gasteiger charge is -2.34. The topological polar surface area (TPSA) is 105 Å². The highest BCUT2D eigenvalue weighted by Crippen LogP contribution is 2.38. The Bertz CT molecular complexity index is 1740. The summed E-state index contributed by atoms with van der Waals surface area (Å²) in [6.45, 7) is -0.368. The number of hydrogen-bond donors (Lipinski definition) is 1. The van der Waals surface area contributed by atoms with Gasteiger partial charge in [0.1, 0.15) is 5.57 Å². The molecule has 1 aliphatic heterocycles. The molecule has 0 bridgehead atoms. The zero-order chi connectivity index (χ0) is 31.4. The van der Waals surface area contributed by atoms with Gasteiger partial charge in [-0.25, -0.2) is 14.6 Å². The molecular weight excluding hydrogens is 673 g/mol. The Morgan fingerprint density at radius 1 is 0.841 bits per heavy atom. The van der Waals surface area contributed by atoms with Crippen molar-refractivity contribution in [2.24, 2.45) is 0 Å². The van der Waals surface area contributed by atoms with Gasteiger partial charge in [0, 0.05) is 5.69 Å². The minimum Gasteiger partial charge on any atom is -0.493 e. The van der Waals surface area contributed by atoms with Crippen LogP contribution >= 0.6 is 39.1 Å². The van der Waals surface area contributed by atoms with Gasteiger partial charge >= 0.3 is 6.03 Å². The minimum atomic E-state index is -0.795. The average Bonchev–Trinajstić information content (AvgIpc) is 3.01. The van der Waals surface area contributed by atoms with E-state index in [0.717, 1.165) is 9.80 Å². The molecule has 0 unspecified atom stereocenters. The van der Waals surface area contributed by atoms with Crippen molar-refractivity contribution in [1.29, 1.82) is 0 Å². The van der Waals surface area contributed by atoms with Crippen LogP contribution in [-0.4, -0.2) is 37.5 Å². The van der Waals surface area contributed by atoms with Crippen molar-refractivity contribution in [2.75, 3.05) is 28.8 Å². The second-order valence-electron chi connectivity index (χ2n) is 9.29. The van der Waals surface area contributed by atoms with Crippen LogP contribution in [0.25, 0.3) is 6.08 Å². The fourth-order valence-corrected chi connectivity index (χ4v) is 5.25. The SMILES string of the molecule is COc1cc(C=C2C(=O)N(c3ccccc3)C(=O)N(c3ccccc3)C2=O)cc(Br)c1OCC(=O)Nc1ccc(Cl)c(Cl)c1. The third-order valence-electron chi connectivity index (χ3n) is 6.39.